The van der Waals surface area contributed by atoms with Gasteiger partial charge in [-0.05, 0) is 117 Å². The molecule has 0 spiro atoms. The summed E-state index contributed by atoms with van der Waals surface area (Å²) in [5.41, 5.74) is 0. The molecule has 0 aliphatic rings. The van der Waals surface area contributed by atoms with E-state index in [-0.39, 0.29) is 30.1 Å². The second-order valence-electron chi connectivity index (χ2n) is 17.6. The van der Waals surface area contributed by atoms with Gasteiger partial charge in [-0.3, -0.25) is 19.3 Å². The molecule has 0 saturated heterocycles. The molecule has 8 heteroatoms. The van der Waals surface area contributed by atoms with Gasteiger partial charge in [0.15, 0.2) is 0 Å². The third kappa shape index (κ3) is 39.8. The molecule has 0 rings (SSSR count). The van der Waals surface area contributed by atoms with Crippen LogP contribution >= 0.6 is 0 Å². The Morgan fingerprint density at radius 2 is 0.724 bits per heavy atom. The van der Waals surface area contributed by atoms with Gasteiger partial charge in [-0.1, -0.05) is 143 Å². The van der Waals surface area contributed by atoms with E-state index in [1.54, 1.807) is 0 Å². The van der Waals surface area contributed by atoms with Crippen LogP contribution in [0.4, 0.5) is 0 Å². The van der Waals surface area contributed by atoms with E-state index in [0.717, 1.165) is 148 Å². The summed E-state index contributed by atoms with van der Waals surface area (Å²) >= 11 is 0. The fraction of sp³-hybridized carbons (Fsp3) is 0.940. The summed E-state index contributed by atoms with van der Waals surface area (Å²) in [6.07, 6.45) is 36.8. The summed E-state index contributed by atoms with van der Waals surface area (Å²) in [6.45, 7) is 13.1. The lowest BCUT2D eigenvalue weighted by molar-refractivity contribution is -0.151. The van der Waals surface area contributed by atoms with Gasteiger partial charge in [-0.2, -0.15) is 0 Å². The van der Waals surface area contributed by atoms with Crippen molar-refractivity contribution in [3.8, 4) is 0 Å². The van der Waals surface area contributed by atoms with E-state index in [0.29, 0.717) is 25.9 Å². The normalized spacial score (nSPS) is 11.7. The van der Waals surface area contributed by atoms with Crippen LogP contribution in [0, 0.1) is 0 Å². The van der Waals surface area contributed by atoms with Crippen LogP contribution in [0.2, 0.25) is 0 Å². The minimum atomic E-state index is -0.0996. The molecular weight excluding hydrogens is 725 g/mol. The maximum absolute atomic E-state index is 12.7. The standard InChI is InChI=1S/C50H98N2O6/c1-7-11-15-25-34-46(35-26-16-12-8-2)57-49(54)38-29-21-19-23-31-42-52(44-45-56-48(53)40-33-41-51(5)6)43-32-24-20-22-30-39-50(55)58-47(36-27-17-13-9-3)37-28-18-14-10-4/h46-47H,7-45H2,1-6H3. The summed E-state index contributed by atoms with van der Waals surface area (Å²) in [4.78, 5) is 42.3. The Balaban J connectivity index is 4.59. The molecule has 0 unspecified atom stereocenters. The van der Waals surface area contributed by atoms with Crippen LogP contribution in [0.5, 0.6) is 0 Å². The zero-order valence-electron chi connectivity index (χ0n) is 39.6. The van der Waals surface area contributed by atoms with E-state index in [4.69, 9.17) is 14.2 Å². The van der Waals surface area contributed by atoms with Crippen LogP contribution in [0.1, 0.15) is 246 Å². The highest BCUT2D eigenvalue weighted by Crippen LogP contribution is 2.19. The van der Waals surface area contributed by atoms with Crippen molar-refractivity contribution in [3.05, 3.63) is 0 Å². The molecule has 0 aliphatic carbocycles. The first-order valence-corrected chi connectivity index (χ1v) is 25.2. The molecule has 344 valence electrons. The van der Waals surface area contributed by atoms with Crippen molar-refractivity contribution in [1.82, 2.24) is 9.80 Å². The molecule has 0 heterocycles. The average Bonchev–Trinajstić information content (AvgIpc) is 3.19. The molecule has 0 atom stereocenters. The lowest BCUT2D eigenvalue weighted by Crippen LogP contribution is -2.30. The fourth-order valence-electron chi connectivity index (χ4n) is 7.72. The second kappa shape index (κ2) is 43.4. The average molecular weight is 823 g/mol. The predicted octanol–water partition coefficient (Wildman–Crippen LogP) is 13.6. The molecule has 58 heavy (non-hydrogen) atoms. The number of ether oxygens (including phenoxy) is 3. The highest BCUT2D eigenvalue weighted by molar-refractivity contribution is 5.70. The highest BCUT2D eigenvalue weighted by atomic mass is 16.5. The number of hydrogen-bond acceptors (Lipinski definition) is 8. The minimum Gasteiger partial charge on any atom is -0.464 e. The molecule has 0 amide bonds. The summed E-state index contributed by atoms with van der Waals surface area (Å²) in [5.74, 6) is -0.112. The number of carbonyl (C=O) groups is 3. The Morgan fingerprint density at radius 1 is 0.379 bits per heavy atom. The van der Waals surface area contributed by atoms with Gasteiger partial charge in [0, 0.05) is 25.8 Å². The maximum Gasteiger partial charge on any atom is 0.306 e. The molecule has 0 aromatic heterocycles. The van der Waals surface area contributed by atoms with Gasteiger partial charge in [0.25, 0.3) is 0 Å². The lowest BCUT2D eigenvalue weighted by atomic mass is 10.0. The Morgan fingerprint density at radius 3 is 1.10 bits per heavy atom. The Labute approximate surface area is 360 Å². The first-order chi connectivity index (χ1) is 28.2. The molecule has 0 N–H and O–H groups in total. The van der Waals surface area contributed by atoms with Gasteiger partial charge in [0.2, 0.25) is 0 Å². The molecular formula is C50H98N2O6. The number of nitrogens with zero attached hydrogens (tertiary/aromatic N) is 2. The number of rotatable bonds is 45. The topological polar surface area (TPSA) is 85.4 Å². The largest absolute Gasteiger partial charge is 0.464 e. The smallest absolute Gasteiger partial charge is 0.306 e. The first kappa shape index (κ1) is 56.3. The molecule has 0 radical (unpaired) electrons. The van der Waals surface area contributed by atoms with Crippen LogP contribution in [-0.4, -0.2) is 86.8 Å². The zero-order chi connectivity index (χ0) is 42.7. The van der Waals surface area contributed by atoms with Crippen molar-refractivity contribution in [2.45, 2.75) is 258 Å². The quantitative estimate of drug-likeness (QED) is 0.0341. The maximum atomic E-state index is 12.7. The zero-order valence-corrected chi connectivity index (χ0v) is 39.6. The molecule has 0 fully saturated rings. The van der Waals surface area contributed by atoms with Gasteiger partial charge in [-0.25, -0.2) is 0 Å². The number of hydrogen-bond donors (Lipinski definition) is 0. The van der Waals surface area contributed by atoms with E-state index in [2.05, 4.69) is 37.5 Å². The van der Waals surface area contributed by atoms with Crippen LogP contribution in [0.25, 0.3) is 0 Å². The first-order valence-electron chi connectivity index (χ1n) is 25.2. The van der Waals surface area contributed by atoms with E-state index in [1.165, 1.54) is 77.0 Å². The van der Waals surface area contributed by atoms with E-state index >= 15 is 0 Å². The number of esters is 3. The van der Waals surface area contributed by atoms with Crippen LogP contribution in [0.15, 0.2) is 0 Å². The van der Waals surface area contributed by atoms with Crippen molar-refractivity contribution in [3.63, 3.8) is 0 Å². The van der Waals surface area contributed by atoms with E-state index in [1.807, 2.05) is 14.1 Å². The third-order valence-corrected chi connectivity index (χ3v) is 11.5. The molecule has 8 nitrogen and oxygen atoms in total. The van der Waals surface area contributed by atoms with E-state index in [9.17, 15) is 14.4 Å². The Bertz CT molecular complexity index is 835. The van der Waals surface area contributed by atoms with Crippen molar-refractivity contribution < 1.29 is 28.6 Å². The molecule has 0 bridgehead atoms. The van der Waals surface area contributed by atoms with Gasteiger partial charge < -0.3 is 19.1 Å². The Hall–Kier alpha value is -1.67. The Kier molecular flexibility index (Phi) is 42.2. The second-order valence-corrected chi connectivity index (χ2v) is 17.6. The van der Waals surface area contributed by atoms with Crippen molar-refractivity contribution >= 4 is 17.9 Å². The summed E-state index contributed by atoms with van der Waals surface area (Å²) in [7, 11) is 4.05. The number of carbonyl (C=O) groups excluding carboxylic acids is 3. The van der Waals surface area contributed by atoms with Gasteiger partial charge >= 0.3 is 17.9 Å². The minimum absolute atomic E-state index is 0.00618. The molecule has 0 aromatic rings. The number of unbranched alkanes of at least 4 members (excludes halogenated alkanes) is 20. The van der Waals surface area contributed by atoms with E-state index < -0.39 is 0 Å². The fourth-order valence-corrected chi connectivity index (χ4v) is 7.72. The van der Waals surface area contributed by atoms with Gasteiger partial charge in [0.05, 0.1) is 0 Å². The van der Waals surface area contributed by atoms with Crippen molar-refractivity contribution in [2.24, 2.45) is 0 Å². The summed E-state index contributed by atoms with van der Waals surface area (Å²) in [5, 5.41) is 0. The van der Waals surface area contributed by atoms with Crippen molar-refractivity contribution in [2.75, 3.05) is 46.9 Å². The lowest BCUT2D eigenvalue weighted by Gasteiger charge is -2.22. The monoisotopic (exact) mass is 823 g/mol. The molecule has 0 aromatic carbocycles. The van der Waals surface area contributed by atoms with Crippen LogP contribution in [-0.2, 0) is 28.6 Å². The molecule has 0 aliphatic heterocycles. The van der Waals surface area contributed by atoms with Crippen LogP contribution < -0.4 is 0 Å². The van der Waals surface area contributed by atoms with Gasteiger partial charge in [-0.15, -0.1) is 0 Å². The van der Waals surface area contributed by atoms with Crippen molar-refractivity contribution in [1.29, 1.82) is 0 Å². The summed E-state index contributed by atoms with van der Waals surface area (Å²) in [6, 6.07) is 0. The SMILES string of the molecule is CCCCCCC(CCCCCC)OC(=O)CCCCCCCN(CCCCCCCC(=O)OC(CCCCCC)CCCCCC)CCOC(=O)CCCN(C)C. The van der Waals surface area contributed by atoms with Crippen LogP contribution in [0.3, 0.4) is 0 Å². The highest BCUT2D eigenvalue weighted by Gasteiger charge is 2.16. The van der Waals surface area contributed by atoms with Gasteiger partial charge in [0.1, 0.15) is 18.8 Å². The predicted molar refractivity (Wildman–Crippen MR) is 245 cm³/mol. The third-order valence-electron chi connectivity index (χ3n) is 11.5. The summed E-state index contributed by atoms with van der Waals surface area (Å²) < 4.78 is 17.6. The molecule has 0 saturated carbocycles.